The second kappa shape index (κ2) is 9.72. The molecule has 1 aromatic rings. The molecule has 0 bridgehead atoms. The molecule has 5 nitrogen and oxygen atoms in total. The average molecular weight is 358 g/mol. The van der Waals surface area contributed by atoms with Crippen LogP contribution in [-0.2, 0) is 20.7 Å². The molecular weight excluding hydrogens is 328 g/mol. The molecule has 1 unspecified atom stereocenters. The largest absolute Gasteiger partial charge is 0.365 e. The lowest BCUT2D eigenvalue weighted by Gasteiger charge is -2.33. The van der Waals surface area contributed by atoms with Crippen LogP contribution in [0.1, 0.15) is 44.1 Å². The first-order chi connectivity index (χ1) is 12.7. The molecule has 0 spiro atoms. The van der Waals surface area contributed by atoms with Crippen molar-refractivity contribution in [3.8, 4) is 0 Å². The number of nitrogens with one attached hydrogen (secondary N) is 1. The quantitative estimate of drug-likeness (QED) is 0.815. The Hall–Kier alpha value is -1.88. The maximum atomic E-state index is 12.2. The lowest BCUT2D eigenvalue weighted by molar-refractivity contribution is -0.148. The van der Waals surface area contributed by atoms with E-state index in [0.717, 1.165) is 6.42 Å². The van der Waals surface area contributed by atoms with E-state index in [0.29, 0.717) is 32.0 Å². The van der Waals surface area contributed by atoms with E-state index in [2.05, 4.69) is 17.4 Å². The number of carbonyl (C=O) groups is 2. The van der Waals surface area contributed by atoms with E-state index < -0.39 is 0 Å². The molecule has 5 heteroatoms. The van der Waals surface area contributed by atoms with Crippen LogP contribution in [0.25, 0.3) is 0 Å². The monoisotopic (exact) mass is 358 g/mol. The van der Waals surface area contributed by atoms with Gasteiger partial charge in [0.25, 0.3) is 0 Å². The van der Waals surface area contributed by atoms with Gasteiger partial charge in [0.2, 0.25) is 11.8 Å². The van der Waals surface area contributed by atoms with Crippen molar-refractivity contribution < 1.29 is 14.3 Å². The van der Waals surface area contributed by atoms with Crippen molar-refractivity contribution in [1.29, 1.82) is 0 Å². The summed E-state index contributed by atoms with van der Waals surface area (Å²) in [6, 6.07) is 10.2. The lowest BCUT2D eigenvalue weighted by atomic mass is 9.87. The Labute approximate surface area is 156 Å². The third-order valence-corrected chi connectivity index (χ3v) is 5.46. The zero-order chi connectivity index (χ0) is 18.2. The summed E-state index contributed by atoms with van der Waals surface area (Å²) in [4.78, 5) is 26.1. The minimum atomic E-state index is -0.112. The third kappa shape index (κ3) is 5.84. The second-order valence-electron chi connectivity index (χ2n) is 7.52. The number of rotatable bonds is 7. The molecule has 2 aliphatic rings. The lowest BCUT2D eigenvalue weighted by Crippen LogP contribution is -2.51. The molecule has 1 aromatic carbocycles. The van der Waals surface area contributed by atoms with Gasteiger partial charge in [0.15, 0.2) is 0 Å². The van der Waals surface area contributed by atoms with E-state index in [1.807, 2.05) is 23.1 Å². The highest BCUT2D eigenvalue weighted by atomic mass is 16.5. The highest BCUT2D eigenvalue weighted by Crippen LogP contribution is 2.26. The van der Waals surface area contributed by atoms with E-state index >= 15 is 0 Å². The summed E-state index contributed by atoms with van der Waals surface area (Å²) in [6.45, 7) is 1.84. The topological polar surface area (TPSA) is 58.6 Å². The van der Waals surface area contributed by atoms with Crippen molar-refractivity contribution in [2.45, 2.75) is 51.0 Å². The molecule has 3 rings (SSSR count). The fraction of sp³-hybridized carbons (Fsp3) is 0.619. The third-order valence-electron chi connectivity index (χ3n) is 5.46. The van der Waals surface area contributed by atoms with Crippen LogP contribution in [0.3, 0.4) is 0 Å². The number of morpholine rings is 1. The van der Waals surface area contributed by atoms with Crippen LogP contribution in [-0.4, -0.2) is 49.1 Å². The van der Waals surface area contributed by atoms with E-state index in [9.17, 15) is 9.59 Å². The van der Waals surface area contributed by atoms with Crippen LogP contribution < -0.4 is 5.32 Å². The SMILES string of the molecule is O=C(CC1CCCCC1)NCC1CN(CCc2ccccc2)C(=O)CO1. The fourth-order valence-corrected chi connectivity index (χ4v) is 3.88. The van der Waals surface area contributed by atoms with E-state index in [4.69, 9.17) is 4.74 Å². The van der Waals surface area contributed by atoms with Gasteiger partial charge in [0, 0.05) is 26.1 Å². The highest BCUT2D eigenvalue weighted by Gasteiger charge is 2.26. The molecule has 1 aliphatic carbocycles. The molecule has 0 radical (unpaired) electrons. The smallest absolute Gasteiger partial charge is 0.248 e. The van der Waals surface area contributed by atoms with Gasteiger partial charge in [-0.15, -0.1) is 0 Å². The van der Waals surface area contributed by atoms with Crippen LogP contribution in [0.2, 0.25) is 0 Å². The van der Waals surface area contributed by atoms with Gasteiger partial charge >= 0.3 is 0 Å². The Morgan fingerprint density at radius 1 is 1.15 bits per heavy atom. The number of ether oxygens (including phenoxy) is 1. The van der Waals surface area contributed by atoms with Gasteiger partial charge in [-0.2, -0.15) is 0 Å². The Balaban J connectivity index is 1.39. The van der Waals surface area contributed by atoms with Gasteiger partial charge < -0.3 is 15.0 Å². The van der Waals surface area contributed by atoms with Crippen molar-refractivity contribution in [3.05, 3.63) is 35.9 Å². The minimum Gasteiger partial charge on any atom is -0.365 e. The van der Waals surface area contributed by atoms with Crippen LogP contribution >= 0.6 is 0 Å². The number of hydrogen-bond acceptors (Lipinski definition) is 3. The summed E-state index contributed by atoms with van der Waals surface area (Å²) in [5.41, 5.74) is 1.23. The molecule has 0 aromatic heterocycles. The molecule has 142 valence electrons. The molecule has 1 saturated heterocycles. The molecule has 1 atom stereocenters. The molecule has 1 saturated carbocycles. The number of hydrogen-bond donors (Lipinski definition) is 1. The zero-order valence-electron chi connectivity index (χ0n) is 15.5. The van der Waals surface area contributed by atoms with Crippen molar-refractivity contribution in [3.63, 3.8) is 0 Å². The maximum absolute atomic E-state index is 12.2. The van der Waals surface area contributed by atoms with Crippen LogP contribution in [0.15, 0.2) is 30.3 Å². The first-order valence-electron chi connectivity index (χ1n) is 9.90. The average Bonchev–Trinajstić information content (AvgIpc) is 2.68. The first-order valence-corrected chi connectivity index (χ1v) is 9.90. The molecular formula is C21H30N2O3. The standard InChI is InChI=1S/C21H30N2O3/c24-20(13-18-9-5-2-6-10-18)22-14-19-15-23(21(25)16-26-19)12-11-17-7-3-1-4-8-17/h1,3-4,7-8,18-19H,2,5-6,9-16H2,(H,22,24). The minimum absolute atomic E-state index is 0.0331. The van der Waals surface area contributed by atoms with E-state index in [1.54, 1.807) is 0 Å². The van der Waals surface area contributed by atoms with Crippen molar-refractivity contribution in [2.24, 2.45) is 5.92 Å². The van der Waals surface area contributed by atoms with Gasteiger partial charge in [-0.1, -0.05) is 49.6 Å². The Kier molecular flexibility index (Phi) is 7.06. The summed E-state index contributed by atoms with van der Waals surface area (Å²) in [5, 5.41) is 3.01. The summed E-state index contributed by atoms with van der Waals surface area (Å²) >= 11 is 0. The van der Waals surface area contributed by atoms with Gasteiger partial charge in [-0.05, 0) is 30.7 Å². The Morgan fingerprint density at radius 3 is 2.69 bits per heavy atom. The van der Waals surface area contributed by atoms with Gasteiger partial charge in [-0.25, -0.2) is 0 Å². The van der Waals surface area contributed by atoms with Crippen molar-refractivity contribution in [2.75, 3.05) is 26.2 Å². The van der Waals surface area contributed by atoms with Crippen LogP contribution in [0.4, 0.5) is 0 Å². The Morgan fingerprint density at radius 2 is 1.92 bits per heavy atom. The van der Waals surface area contributed by atoms with Gasteiger partial charge in [0.1, 0.15) is 6.61 Å². The van der Waals surface area contributed by atoms with Crippen molar-refractivity contribution in [1.82, 2.24) is 10.2 Å². The summed E-state index contributed by atoms with van der Waals surface area (Å²) < 4.78 is 5.61. The predicted octanol–water partition coefficient (Wildman–Crippen LogP) is 2.54. The Bertz CT molecular complexity index is 584. The summed E-state index contributed by atoms with van der Waals surface area (Å²) in [6.07, 6.45) is 7.52. The van der Waals surface area contributed by atoms with E-state index in [1.165, 1.54) is 37.7 Å². The zero-order valence-corrected chi connectivity index (χ0v) is 15.5. The van der Waals surface area contributed by atoms with Crippen molar-refractivity contribution >= 4 is 11.8 Å². The number of amides is 2. The maximum Gasteiger partial charge on any atom is 0.248 e. The van der Waals surface area contributed by atoms with E-state index in [-0.39, 0.29) is 24.5 Å². The molecule has 1 aliphatic heterocycles. The molecule has 2 amide bonds. The summed E-state index contributed by atoms with van der Waals surface area (Å²) in [5.74, 6) is 0.693. The van der Waals surface area contributed by atoms with Gasteiger partial charge in [-0.3, -0.25) is 9.59 Å². The fourth-order valence-electron chi connectivity index (χ4n) is 3.88. The molecule has 26 heavy (non-hydrogen) atoms. The number of nitrogens with zero attached hydrogens (tertiary/aromatic N) is 1. The number of carbonyl (C=O) groups excluding carboxylic acids is 2. The second-order valence-corrected chi connectivity index (χ2v) is 7.52. The van der Waals surface area contributed by atoms with Gasteiger partial charge in [0.05, 0.1) is 6.10 Å². The molecule has 1 heterocycles. The normalized spacial score (nSPS) is 21.6. The summed E-state index contributed by atoms with van der Waals surface area (Å²) in [7, 11) is 0. The number of benzene rings is 1. The highest BCUT2D eigenvalue weighted by molar-refractivity contribution is 5.78. The first kappa shape index (κ1) is 18.9. The molecule has 2 fully saturated rings. The predicted molar refractivity (Wildman–Crippen MR) is 101 cm³/mol. The van der Waals surface area contributed by atoms with Crippen LogP contribution in [0, 0.1) is 5.92 Å². The molecule has 1 N–H and O–H groups in total. The van der Waals surface area contributed by atoms with Crippen LogP contribution in [0.5, 0.6) is 0 Å².